The van der Waals surface area contributed by atoms with Crippen molar-refractivity contribution in [2.24, 2.45) is 17.3 Å². The number of nitrogens with zero attached hydrogens (tertiary/aromatic N) is 3. The molecule has 2 aliphatic heterocycles. The van der Waals surface area contributed by atoms with Crippen LogP contribution in [-0.2, 0) is 25.3 Å². The van der Waals surface area contributed by atoms with Gasteiger partial charge in [-0.2, -0.15) is 0 Å². The van der Waals surface area contributed by atoms with E-state index in [1.807, 2.05) is 12.1 Å². The Morgan fingerprint density at radius 1 is 0.881 bits per heavy atom. The van der Waals surface area contributed by atoms with Crippen molar-refractivity contribution in [2.45, 2.75) is 73.0 Å². The summed E-state index contributed by atoms with van der Waals surface area (Å²) in [7, 11) is -4.57. The molecule has 3 aliphatic carbocycles. The van der Waals surface area contributed by atoms with Gasteiger partial charge in [0.15, 0.2) is 9.84 Å². The second-order valence-electron chi connectivity index (χ2n) is 13.9. The first-order chi connectivity index (χ1) is 20.0. The highest BCUT2D eigenvalue weighted by atomic mass is 32.2. The van der Waals surface area contributed by atoms with Gasteiger partial charge in [-0.05, 0) is 99.2 Å². The minimum atomic E-state index is -3.24. The predicted octanol–water partition coefficient (Wildman–Crippen LogP) is 4.54. The van der Waals surface area contributed by atoms with E-state index in [9.17, 15) is 16.8 Å². The van der Waals surface area contributed by atoms with Crippen molar-refractivity contribution in [3.8, 4) is 0 Å². The van der Waals surface area contributed by atoms with Gasteiger partial charge in [-0.25, -0.2) is 21.1 Å². The van der Waals surface area contributed by atoms with Gasteiger partial charge in [-0.3, -0.25) is 0 Å². The van der Waals surface area contributed by atoms with Crippen LogP contribution < -0.4 is 4.90 Å². The number of sulfone groups is 1. The van der Waals surface area contributed by atoms with Crippen LogP contribution in [0.25, 0.3) is 0 Å². The Labute approximate surface area is 252 Å². The molecule has 2 aromatic rings. The number of sulfonamides is 1. The van der Waals surface area contributed by atoms with Gasteiger partial charge in [-0.15, -0.1) is 0 Å². The second-order valence-corrected chi connectivity index (χ2v) is 18.2. The number of rotatable bonds is 9. The van der Waals surface area contributed by atoms with Crippen molar-refractivity contribution in [3.63, 3.8) is 0 Å². The fourth-order valence-electron chi connectivity index (χ4n) is 9.19. The number of hydrogen-bond acceptors (Lipinski definition) is 6. The molecule has 0 N–H and O–H groups in total. The largest absolute Gasteiger partial charge is 0.371 e. The normalized spacial score (nSPS) is 31.1. The van der Waals surface area contributed by atoms with Gasteiger partial charge in [0.1, 0.15) is 0 Å². The highest BCUT2D eigenvalue weighted by Crippen LogP contribution is 2.76. The minimum Gasteiger partial charge on any atom is -0.371 e. The molecule has 2 heterocycles. The summed E-state index contributed by atoms with van der Waals surface area (Å²) in [4.78, 5) is 5.47. The lowest BCUT2D eigenvalue weighted by Crippen LogP contribution is -2.53. The molecule has 2 unspecified atom stereocenters. The van der Waals surface area contributed by atoms with E-state index in [1.165, 1.54) is 24.7 Å². The molecule has 5 fully saturated rings. The van der Waals surface area contributed by atoms with Gasteiger partial charge in [0, 0.05) is 49.7 Å². The maximum absolute atomic E-state index is 12.6. The molecule has 5 aliphatic rings. The molecule has 228 valence electrons. The number of anilines is 1. The summed E-state index contributed by atoms with van der Waals surface area (Å²) in [5.41, 5.74) is 2.67. The molecular weight excluding hydrogens is 567 g/mol. The van der Waals surface area contributed by atoms with Crippen LogP contribution in [0.4, 0.5) is 5.69 Å². The Morgan fingerprint density at radius 2 is 1.55 bits per heavy atom. The minimum absolute atomic E-state index is 0.0566. The Balaban J connectivity index is 0.980. The summed E-state index contributed by atoms with van der Waals surface area (Å²) in [6, 6.07) is 18.6. The fraction of sp³-hybridized carbons (Fsp3) is 0.636. The third-order valence-corrected chi connectivity index (χ3v) is 15.2. The molecular formula is C33H45N3O4S2. The van der Waals surface area contributed by atoms with Gasteiger partial charge < -0.3 is 9.80 Å². The second kappa shape index (κ2) is 10.3. The molecule has 2 saturated heterocycles. The molecule has 0 amide bonds. The summed E-state index contributed by atoms with van der Waals surface area (Å²) in [5.74, 6) is 1.21. The zero-order chi connectivity index (χ0) is 29.3. The Kier molecular flexibility index (Phi) is 7.08. The average molecular weight is 612 g/mol. The molecule has 9 heteroatoms. The van der Waals surface area contributed by atoms with Crippen molar-refractivity contribution in [1.82, 2.24) is 9.21 Å². The first-order valence-electron chi connectivity index (χ1n) is 15.8. The van der Waals surface area contributed by atoms with Crippen molar-refractivity contribution < 1.29 is 16.8 Å². The molecule has 0 aromatic heterocycles. The van der Waals surface area contributed by atoms with Crippen LogP contribution in [0.1, 0.15) is 56.9 Å². The highest BCUT2D eigenvalue weighted by molar-refractivity contribution is 7.92. The van der Waals surface area contributed by atoms with Gasteiger partial charge in [0.25, 0.3) is 0 Å². The van der Waals surface area contributed by atoms with Crippen LogP contribution in [0.15, 0.2) is 59.5 Å². The molecule has 7 nitrogen and oxygen atoms in total. The van der Waals surface area contributed by atoms with Crippen LogP contribution in [-0.4, -0.2) is 83.4 Å². The lowest BCUT2D eigenvalue weighted by Gasteiger charge is -2.46. The summed E-state index contributed by atoms with van der Waals surface area (Å²) < 4.78 is 52.0. The van der Waals surface area contributed by atoms with Gasteiger partial charge in [0.05, 0.1) is 16.4 Å². The van der Waals surface area contributed by atoms with Gasteiger partial charge in [-0.1, -0.05) is 36.8 Å². The van der Waals surface area contributed by atoms with Crippen LogP contribution in [0.2, 0.25) is 0 Å². The van der Waals surface area contributed by atoms with E-state index in [0.717, 1.165) is 76.9 Å². The highest BCUT2D eigenvalue weighted by Gasteiger charge is 2.75. The Hall–Kier alpha value is -1.94. The van der Waals surface area contributed by atoms with Crippen LogP contribution in [0.5, 0.6) is 0 Å². The average Bonchev–Trinajstić information content (AvgIpc) is 3.87. The summed E-state index contributed by atoms with van der Waals surface area (Å²) in [5, 5.41) is -0.165. The quantitative estimate of drug-likeness (QED) is 0.415. The number of likely N-dealkylation sites (tertiary alicyclic amines) is 1. The molecule has 1 spiro atoms. The topological polar surface area (TPSA) is 78.0 Å². The number of piperidine rings is 1. The molecule has 3 atom stereocenters. The molecule has 3 saturated carbocycles. The lowest BCUT2D eigenvalue weighted by atomic mass is 9.70. The third kappa shape index (κ3) is 4.74. The first-order valence-corrected chi connectivity index (χ1v) is 19.2. The van der Waals surface area contributed by atoms with Crippen LogP contribution in [0, 0.1) is 17.3 Å². The van der Waals surface area contributed by atoms with E-state index in [2.05, 4.69) is 40.1 Å². The van der Waals surface area contributed by atoms with E-state index in [1.54, 1.807) is 23.5 Å². The maximum atomic E-state index is 12.6. The van der Waals surface area contributed by atoms with Crippen LogP contribution >= 0.6 is 0 Å². The van der Waals surface area contributed by atoms with E-state index in [-0.39, 0.29) is 22.1 Å². The molecule has 7 rings (SSSR count). The summed E-state index contributed by atoms with van der Waals surface area (Å²) in [6.07, 6.45) is 9.59. The smallest absolute Gasteiger partial charge is 0.211 e. The van der Waals surface area contributed by atoms with Crippen molar-refractivity contribution in [3.05, 3.63) is 60.2 Å². The van der Waals surface area contributed by atoms with E-state index >= 15 is 0 Å². The molecule has 0 radical (unpaired) electrons. The van der Waals surface area contributed by atoms with Gasteiger partial charge in [0.2, 0.25) is 10.0 Å². The van der Waals surface area contributed by atoms with Crippen molar-refractivity contribution in [2.75, 3.05) is 50.9 Å². The summed E-state index contributed by atoms with van der Waals surface area (Å²) >= 11 is 0. The zero-order valence-electron chi connectivity index (χ0n) is 25.0. The predicted molar refractivity (Wildman–Crippen MR) is 167 cm³/mol. The first kappa shape index (κ1) is 28.8. The Bertz CT molecular complexity index is 1510. The fourth-order valence-corrected chi connectivity index (χ4v) is 11.6. The number of hydrogen-bond donors (Lipinski definition) is 0. The maximum Gasteiger partial charge on any atom is 0.211 e. The SMILES string of the molecule is CN([C@H]1CCCC12CC2(c1ccccc1)C1CCN(CC2CN(c3ccc(S(=O)(=O)C4CC4)cc3)C2)CC1)S(C)(=O)=O. The molecule has 42 heavy (non-hydrogen) atoms. The standard InChI is InChI=1S/C33H45N3O4S2/c1-34(41(2,37)38)31-9-6-18-32(31)24-33(32,26-7-4-3-5-8-26)27-16-19-35(20-17-27)21-25-22-36(23-25)28-10-12-29(13-11-28)42(39,40)30-14-15-30/h3-5,7-8,10-13,25,27,30-31H,6,9,14-24H2,1-2H3/t31-,32?,33?/m0/s1. The third-order valence-electron chi connectivity index (χ3n) is 11.6. The van der Waals surface area contributed by atoms with Crippen molar-refractivity contribution >= 4 is 25.5 Å². The molecule has 0 bridgehead atoms. The van der Waals surface area contributed by atoms with Crippen molar-refractivity contribution in [1.29, 1.82) is 0 Å². The van der Waals surface area contributed by atoms with E-state index in [4.69, 9.17) is 0 Å². The lowest BCUT2D eigenvalue weighted by molar-refractivity contribution is 0.115. The Morgan fingerprint density at radius 3 is 2.17 bits per heavy atom. The summed E-state index contributed by atoms with van der Waals surface area (Å²) in [6.45, 7) is 5.36. The zero-order valence-corrected chi connectivity index (χ0v) is 26.6. The van der Waals surface area contributed by atoms with E-state index < -0.39 is 19.9 Å². The van der Waals surface area contributed by atoms with Gasteiger partial charge >= 0.3 is 0 Å². The number of benzene rings is 2. The van der Waals surface area contributed by atoms with E-state index in [0.29, 0.717) is 16.7 Å². The monoisotopic (exact) mass is 611 g/mol. The molecule has 2 aromatic carbocycles. The van der Waals surface area contributed by atoms with Crippen LogP contribution in [0.3, 0.4) is 0 Å².